The highest BCUT2D eigenvalue weighted by atomic mass is 19.1. The van der Waals surface area contributed by atoms with Gasteiger partial charge in [-0.3, -0.25) is 0 Å². The van der Waals surface area contributed by atoms with Crippen LogP contribution in [-0.2, 0) is 6.61 Å². The molecule has 2 atom stereocenters. The second kappa shape index (κ2) is 7.33. The minimum Gasteiger partial charge on any atom is -0.489 e. The Morgan fingerprint density at radius 1 is 1.31 bits per heavy atom. The van der Waals surface area contributed by atoms with Gasteiger partial charge in [0, 0.05) is 5.56 Å². The molecule has 0 spiro atoms. The first-order valence-corrected chi connectivity index (χ1v) is 8.60. The van der Waals surface area contributed by atoms with Gasteiger partial charge in [0.15, 0.2) is 0 Å². The summed E-state index contributed by atoms with van der Waals surface area (Å²) in [4.78, 5) is 13.5. The fourth-order valence-electron chi connectivity index (χ4n) is 3.53. The molecular formula is C20H23FN2O3. The molecule has 0 aliphatic carbocycles. The van der Waals surface area contributed by atoms with E-state index in [1.807, 2.05) is 19.1 Å². The molecule has 0 aromatic heterocycles. The van der Waals surface area contributed by atoms with Crippen molar-refractivity contribution in [2.75, 3.05) is 6.61 Å². The van der Waals surface area contributed by atoms with E-state index in [9.17, 15) is 14.3 Å². The van der Waals surface area contributed by atoms with Crippen LogP contribution >= 0.6 is 0 Å². The summed E-state index contributed by atoms with van der Waals surface area (Å²) >= 11 is 0. The number of hydrogen-bond donors (Lipinski definition) is 2. The molecule has 0 bridgehead atoms. The van der Waals surface area contributed by atoms with Crippen LogP contribution in [0.25, 0.3) is 0 Å². The average molecular weight is 358 g/mol. The molecule has 1 aliphatic heterocycles. The van der Waals surface area contributed by atoms with E-state index in [-0.39, 0.29) is 25.1 Å². The van der Waals surface area contributed by atoms with Crippen LogP contribution in [0.2, 0.25) is 0 Å². The molecule has 1 saturated heterocycles. The molecule has 0 saturated carbocycles. The highest BCUT2D eigenvalue weighted by Crippen LogP contribution is 2.42. The number of amides is 2. The van der Waals surface area contributed by atoms with Crippen LogP contribution < -0.4 is 10.5 Å². The number of likely N-dealkylation sites (tertiary alicyclic amines) is 1. The van der Waals surface area contributed by atoms with E-state index >= 15 is 0 Å². The van der Waals surface area contributed by atoms with Gasteiger partial charge in [0.2, 0.25) is 0 Å². The van der Waals surface area contributed by atoms with Crippen molar-refractivity contribution in [2.45, 2.75) is 38.0 Å². The van der Waals surface area contributed by atoms with E-state index in [0.29, 0.717) is 17.7 Å². The Bertz CT molecular complexity index is 781. The molecule has 2 aromatic rings. The minimum atomic E-state index is -0.642. The summed E-state index contributed by atoms with van der Waals surface area (Å²) in [7, 11) is 0. The van der Waals surface area contributed by atoms with Crippen molar-refractivity contribution in [3.05, 3.63) is 65.5 Å². The molecule has 2 aromatic carbocycles. The Balaban J connectivity index is 1.71. The highest BCUT2D eigenvalue weighted by molar-refractivity contribution is 5.74. The van der Waals surface area contributed by atoms with E-state index < -0.39 is 11.6 Å². The third kappa shape index (κ3) is 3.51. The van der Waals surface area contributed by atoms with E-state index in [1.165, 1.54) is 6.07 Å². The summed E-state index contributed by atoms with van der Waals surface area (Å²) in [5.41, 5.74) is 6.33. The summed E-state index contributed by atoms with van der Waals surface area (Å²) in [6.07, 6.45) is 1.41. The number of aliphatic hydroxyl groups excluding tert-OH is 1. The van der Waals surface area contributed by atoms with Crippen molar-refractivity contribution in [1.82, 2.24) is 4.90 Å². The monoisotopic (exact) mass is 358 g/mol. The smallest absolute Gasteiger partial charge is 0.315 e. The molecule has 6 heteroatoms. The fraction of sp³-hybridized carbons (Fsp3) is 0.350. The number of ether oxygens (including phenoxy) is 1. The van der Waals surface area contributed by atoms with Gasteiger partial charge in [-0.05, 0) is 43.5 Å². The van der Waals surface area contributed by atoms with E-state index in [0.717, 1.165) is 12.0 Å². The molecule has 5 nitrogen and oxygen atoms in total. The number of carbonyl (C=O) groups is 1. The molecule has 138 valence electrons. The van der Waals surface area contributed by atoms with Crippen LogP contribution in [0.1, 0.15) is 36.9 Å². The summed E-state index contributed by atoms with van der Waals surface area (Å²) in [6, 6.07) is 13.1. The Kier molecular flexibility index (Phi) is 5.13. The van der Waals surface area contributed by atoms with Crippen LogP contribution in [-0.4, -0.2) is 28.2 Å². The number of hydrogen-bond acceptors (Lipinski definition) is 3. The molecule has 3 N–H and O–H groups in total. The van der Waals surface area contributed by atoms with Crippen molar-refractivity contribution >= 4 is 6.03 Å². The van der Waals surface area contributed by atoms with Gasteiger partial charge in [0.1, 0.15) is 18.2 Å². The molecule has 0 radical (unpaired) electrons. The van der Waals surface area contributed by atoms with Gasteiger partial charge in [-0.15, -0.1) is 0 Å². The van der Waals surface area contributed by atoms with Gasteiger partial charge >= 0.3 is 6.03 Å². The topological polar surface area (TPSA) is 75.8 Å². The van der Waals surface area contributed by atoms with Crippen molar-refractivity contribution in [3.63, 3.8) is 0 Å². The Morgan fingerprint density at radius 2 is 2.00 bits per heavy atom. The molecule has 3 rings (SSSR count). The van der Waals surface area contributed by atoms with Gasteiger partial charge in [0.05, 0.1) is 18.2 Å². The third-order valence-electron chi connectivity index (χ3n) is 5.04. The average Bonchev–Trinajstić information content (AvgIpc) is 3.00. The maximum Gasteiger partial charge on any atom is 0.315 e. The normalized spacial score (nSPS) is 22.4. The largest absolute Gasteiger partial charge is 0.489 e. The fourth-order valence-corrected chi connectivity index (χ4v) is 3.53. The van der Waals surface area contributed by atoms with E-state index in [2.05, 4.69) is 0 Å². The number of primary amides is 1. The predicted molar refractivity (Wildman–Crippen MR) is 96.1 cm³/mol. The lowest BCUT2D eigenvalue weighted by Gasteiger charge is -2.36. The van der Waals surface area contributed by atoms with Gasteiger partial charge in [0.25, 0.3) is 0 Å². The predicted octanol–water partition coefficient (Wildman–Crippen LogP) is 3.37. The lowest BCUT2D eigenvalue weighted by molar-refractivity contribution is 0.0833. The number of halogens is 1. The summed E-state index contributed by atoms with van der Waals surface area (Å²) in [6.45, 7) is 1.85. The molecule has 1 fully saturated rings. The second-order valence-corrected chi connectivity index (χ2v) is 6.87. The summed E-state index contributed by atoms with van der Waals surface area (Å²) in [5.74, 6) is 0.320. The van der Waals surface area contributed by atoms with E-state index in [4.69, 9.17) is 10.5 Å². The molecule has 1 unspecified atom stereocenters. The number of nitrogens with zero attached hydrogens (tertiary/aromatic N) is 1. The first kappa shape index (κ1) is 18.2. The Hall–Kier alpha value is -2.60. The van der Waals surface area contributed by atoms with Crippen molar-refractivity contribution in [3.8, 4) is 5.75 Å². The van der Waals surface area contributed by atoms with E-state index in [1.54, 1.807) is 35.2 Å². The Morgan fingerprint density at radius 3 is 2.62 bits per heavy atom. The first-order chi connectivity index (χ1) is 12.4. The molecule has 1 heterocycles. The number of aliphatic hydroxyl groups is 1. The van der Waals surface area contributed by atoms with Crippen LogP contribution in [0, 0.1) is 5.82 Å². The maximum atomic E-state index is 13.6. The zero-order valence-corrected chi connectivity index (χ0v) is 14.7. The van der Waals surface area contributed by atoms with Gasteiger partial charge in [-0.2, -0.15) is 0 Å². The number of benzene rings is 2. The number of nitrogens with two attached hydrogens (primary N) is 1. The summed E-state index contributed by atoms with van der Waals surface area (Å²) in [5, 5.41) is 9.65. The number of urea groups is 1. The number of carbonyl (C=O) groups excluding carboxylic acids is 1. The molecular weight excluding hydrogens is 335 g/mol. The third-order valence-corrected chi connectivity index (χ3v) is 5.04. The van der Waals surface area contributed by atoms with Crippen LogP contribution in [0.3, 0.4) is 0 Å². The van der Waals surface area contributed by atoms with Crippen LogP contribution in [0.4, 0.5) is 9.18 Å². The van der Waals surface area contributed by atoms with Crippen molar-refractivity contribution < 1.29 is 19.0 Å². The van der Waals surface area contributed by atoms with Gasteiger partial charge in [-0.1, -0.05) is 30.3 Å². The van der Waals surface area contributed by atoms with Crippen LogP contribution in [0.5, 0.6) is 5.75 Å². The lowest BCUT2D eigenvalue weighted by Crippen LogP contribution is -2.50. The SMILES string of the molecule is CC1(CO)CC[C@H](c2ccc(OCc3ccccc3F)cc2)N1C(N)=O. The van der Waals surface area contributed by atoms with Crippen molar-refractivity contribution in [2.24, 2.45) is 5.73 Å². The second-order valence-electron chi connectivity index (χ2n) is 6.87. The molecule has 1 aliphatic rings. The van der Waals surface area contributed by atoms with Crippen LogP contribution in [0.15, 0.2) is 48.5 Å². The zero-order valence-electron chi connectivity index (χ0n) is 14.7. The highest BCUT2D eigenvalue weighted by Gasteiger charge is 2.45. The number of rotatable bonds is 5. The quantitative estimate of drug-likeness (QED) is 0.860. The zero-order chi connectivity index (χ0) is 18.7. The molecule has 26 heavy (non-hydrogen) atoms. The lowest BCUT2D eigenvalue weighted by atomic mass is 10.0. The van der Waals surface area contributed by atoms with Gasteiger partial charge < -0.3 is 20.5 Å². The molecule has 2 amide bonds. The van der Waals surface area contributed by atoms with Crippen molar-refractivity contribution in [1.29, 1.82) is 0 Å². The first-order valence-electron chi connectivity index (χ1n) is 8.60. The Labute approximate surface area is 152 Å². The van der Waals surface area contributed by atoms with Gasteiger partial charge in [-0.25, -0.2) is 9.18 Å². The minimum absolute atomic E-state index is 0.129. The maximum absolute atomic E-state index is 13.6. The summed E-state index contributed by atoms with van der Waals surface area (Å²) < 4.78 is 19.3. The standard InChI is InChI=1S/C20H23FN2O3/c1-20(13-24)11-10-18(23(20)19(22)25)14-6-8-16(9-7-14)26-12-15-4-2-3-5-17(15)21/h2-9,18,24H,10-13H2,1H3,(H2,22,25)/t18-,20?/m1/s1.